The van der Waals surface area contributed by atoms with Gasteiger partial charge in [-0.2, -0.15) is 0 Å². The molecule has 5 nitrogen and oxygen atoms in total. The minimum atomic E-state index is -0.389. The van der Waals surface area contributed by atoms with E-state index < -0.39 is 0 Å². The normalized spacial score (nSPS) is 16.5. The number of aromatic amines is 1. The van der Waals surface area contributed by atoms with Crippen LogP contribution in [0, 0.1) is 5.92 Å². The molecule has 0 unspecified atom stereocenters. The monoisotopic (exact) mass is 364 g/mol. The van der Waals surface area contributed by atoms with Crippen LogP contribution in [0.5, 0.6) is 0 Å². The number of H-pyrrole nitrogens is 1. The molecule has 1 aromatic carbocycles. The molecule has 0 saturated heterocycles. The van der Waals surface area contributed by atoms with E-state index in [1.54, 1.807) is 4.90 Å². The number of nitrogens with one attached hydrogen (secondary N) is 1. The lowest BCUT2D eigenvalue weighted by molar-refractivity contribution is 0.0677. The summed E-state index contributed by atoms with van der Waals surface area (Å²) in [4.78, 5) is 42.6. The van der Waals surface area contributed by atoms with Gasteiger partial charge in [-0.25, -0.2) is 0 Å². The van der Waals surface area contributed by atoms with E-state index in [0.29, 0.717) is 43.1 Å². The van der Waals surface area contributed by atoms with Crippen molar-refractivity contribution in [1.82, 2.24) is 9.88 Å². The highest BCUT2D eigenvalue weighted by atomic mass is 16.2. The number of hydrogen-bond acceptors (Lipinski definition) is 3. The lowest BCUT2D eigenvalue weighted by Gasteiger charge is -2.32. The van der Waals surface area contributed by atoms with Crippen LogP contribution < -0.4 is 5.56 Å². The van der Waals surface area contributed by atoms with Crippen LogP contribution in [-0.4, -0.2) is 28.1 Å². The Morgan fingerprint density at radius 1 is 1.07 bits per heavy atom. The number of aryl methyl sites for hydroxylation is 1. The maximum absolute atomic E-state index is 13.2. The Labute approximate surface area is 158 Å². The molecule has 1 saturated carbocycles. The van der Waals surface area contributed by atoms with Gasteiger partial charge in [0, 0.05) is 30.8 Å². The number of Topliss-reactive ketones (excluding diaryl/α,β-unsaturated/α-hetero) is 1. The van der Waals surface area contributed by atoms with Crippen molar-refractivity contribution >= 4 is 11.7 Å². The highest BCUT2D eigenvalue weighted by Crippen LogP contribution is 2.28. The Bertz CT molecular complexity index is 913. The molecule has 2 aromatic rings. The number of rotatable bonds is 5. The van der Waals surface area contributed by atoms with Crippen molar-refractivity contribution in [2.24, 2.45) is 5.92 Å². The van der Waals surface area contributed by atoms with E-state index in [2.05, 4.69) is 4.98 Å². The van der Waals surface area contributed by atoms with Gasteiger partial charge in [0.2, 0.25) is 0 Å². The second-order valence-corrected chi connectivity index (χ2v) is 7.65. The van der Waals surface area contributed by atoms with Crippen molar-refractivity contribution in [2.75, 3.05) is 6.54 Å². The zero-order valence-electron chi connectivity index (χ0n) is 15.4. The Hall–Kier alpha value is -2.69. The summed E-state index contributed by atoms with van der Waals surface area (Å²) in [6.45, 7) is 1.12. The van der Waals surface area contributed by atoms with E-state index in [1.165, 1.54) is 12.5 Å². The van der Waals surface area contributed by atoms with Crippen LogP contribution in [0.4, 0.5) is 0 Å². The largest absolute Gasteiger partial charge is 0.334 e. The number of pyridine rings is 1. The van der Waals surface area contributed by atoms with Gasteiger partial charge in [-0.3, -0.25) is 14.4 Å². The van der Waals surface area contributed by atoms with Gasteiger partial charge in [-0.05, 0) is 43.2 Å². The zero-order chi connectivity index (χ0) is 18.8. The molecule has 0 radical (unpaired) electrons. The standard InChI is InChI=1S/C22H24N2O3/c25-20-11-5-10-19-17(20)12-18(21(26)23-19)22(27)24(14-16-8-4-9-16)13-15-6-2-1-3-7-15/h1-3,6-7,12,16H,4-5,8-11,13-14H2,(H,23,26). The molecule has 5 heteroatoms. The molecule has 1 amide bonds. The average Bonchev–Trinajstić information content (AvgIpc) is 2.63. The third-order valence-corrected chi connectivity index (χ3v) is 5.69. The molecule has 1 N–H and O–H groups in total. The molecule has 27 heavy (non-hydrogen) atoms. The van der Waals surface area contributed by atoms with Crippen molar-refractivity contribution in [3.8, 4) is 0 Å². The third-order valence-electron chi connectivity index (χ3n) is 5.69. The first-order valence-electron chi connectivity index (χ1n) is 9.74. The number of carbonyl (C=O) groups is 2. The van der Waals surface area contributed by atoms with Gasteiger partial charge in [0.1, 0.15) is 5.56 Å². The fourth-order valence-corrected chi connectivity index (χ4v) is 3.91. The van der Waals surface area contributed by atoms with Crippen molar-refractivity contribution < 1.29 is 9.59 Å². The molecule has 2 aliphatic carbocycles. The topological polar surface area (TPSA) is 70.2 Å². The summed E-state index contributed by atoms with van der Waals surface area (Å²) in [6, 6.07) is 11.3. The van der Waals surface area contributed by atoms with E-state index in [9.17, 15) is 14.4 Å². The number of ketones is 1. The van der Waals surface area contributed by atoms with Crippen LogP contribution in [0.15, 0.2) is 41.2 Å². The molecule has 2 aliphatic rings. The van der Waals surface area contributed by atoms with Gasteiger partial charge in [0.15, 0.2) is 5.78 Å². The summed E-state index contributed by atoms with van der Waals surface area (Å²) < 4.78 is 0. The SMILES string of the molecule is O=C1CCCc2[nH]c(=O)c(C(=O)N(Cc3ccccc3)CC3CCC3)cc21. The van der Waals surface area contributed by atoms with Crippen LogP contribution >= 0.6 is 0 Å². The number of aromatic nitrogens is 1. The third kappa shape index (κ3) is 3.72. The van der Waals surface area contributed by atoms with Gasteiger partial charge in [0.25, 0.3) is 11.5 Å². The van der Waals surface area contributed by atoms with Gasteiger partial charge >= 0.3 is 0 Å². The predicted octanol–water partition coefficient (Wildman–Crippen LogP) is 3.34. The molecule has 1 fully saturated rings. The van der Waals surface area contributed by atoms with E-state index in [-0.39, 0.29) is 22.8 Å². The summed E-state index contributed by atoms with van der Waals surface area (Å²) >= 11 is 0. The van der Waals surface area contributed by atoms with Gasteiger partial charge in [0.05, 0.1) is 0 Å². The van der Waals surface area contributed by atoms with Crippen molar-refractivity contribution in [1.29, 1.82) is 0 Å². The minimum absolute atomic E-state index is 0.00940. The molecular weight excluding hydrogens is 340 g/mol. The highest BCUT2D eigenvalue weighted by Gasteiger charge is 2.28. The number of amides is 1. The number of hydrogen-bond donors (Lipinski definition) is 1. The zero-order valence-corrected chi connectivity index (χ0v) is 15.4. The molecule has 0 spiro atoms. The summed E-state index contributed by atoms with van der Waals surface area (Å²) in [5, 5.41) is 0. The average molecular weight is 364 g/mol. The van der Waals surface area contributed by atoms with Crippen LogP contribution in [-0.2, 0) is 13.0 Å². The minimum Gasteiger partial charge on any atom is -0.334 e. The molecule has 4 rings (SSSR count). The van der Waals surface area contributed by atoms with Crippen LogP contribution in [0.1, 0.15) is 64.1 Å². The maximum Gasteiger partial charge on any atom is 0.261 e. The van der Waals surface area contributed by atoms with Crippen LogP contribution in [0.25, 0.3) is 0 Å². The Kier molecular flexibility index (Phi) is 4.92. The smallest absolute Gasteiger partial charge is 0.261 e. The fourth-order valence-electron chi connectivity index (χ4n) is 3.91. The molecule has 1 heterocycles. The second kappa shape index (κ2) is 7.51. The molecular formula is C22H24N2O3. The van der Waals surface area contributed by atoms with Gasteiger partial charge in [-0.15, -0.1) is 0 Å². The maximum atomic E-state index is 13.2. The van der Waals surface area contributed by atoms with E-state index in [4.69, 9.17) is 0 Å². The molecule has 140 valence electrons. The lowest BCUT2D eigenvalue weighted by atomic mass is 9.85. The van der Waals surface area contributed by atoms with E-state index >= 15 is 0 Å². The van der Waals surface area contributed by atoms with Crippen molar-refractivity contribution in [2.45, 2.75) is 45.1 Å². The fraction of sp³-hybridized carbons (Fsp3) is 0.409. The van der Waals surface area contributed by atoms with Crippen LogP contribution in [0.2, 0.25) is 0 Å². The quantitative estimate of drug-likeness (QED) is 0.885. The predicted molar refractivity (Wildman–Crippen MR) is 103 cm³/mol. The highest BCUT2D eigenvalue weighted by molar-refractivity contribution is 6.01. The van der Waals surface area contributed by atoms with Crippen molar-refractivity contribution in [3.63, 3.8) is 0 Å². The first kappa shape index (κ1) is 17.7. The van der Waals surface area contributed by atoms with E-state index in [0.717, 1.165) is 24.8 Å². The first-order valence-corrected chi connectivity index (χ1v) is 9.74. The molecule has 0 aliphatic heterocycles. The van der Waals surface area contributed by atoms with Crippen molar-refractivity contribution in [3.05, 3.63) is 69.1 Å². The number of benzene rings is 1. The first-order chi connectivity index (χ1) is 13.1. The number of carbonyl (C=O) groups excluding carboxylic acids is 2. The summed E-state index contributed by atoms with van der Waals surface area (Å²) in [5.41, 5.74) is 1.91. The summed E-state index contributed by atoms with van der Waals surface area (Å²) in [7, 11) is 0. The summed E-state index contributed by atoms with van der Waals surface area (Å²) in [5.74, 6) is 0.222. The van der Waals surface area contributed by atoms with Gasteiger partial charge in [-0.1, -0.05) is 36.8 Å². The van der Waals surface area contributed by atoms with Crippen LogP contribution in [0.3, 0.4) is 0 Å². The molecule has 0 bridgehead atoms. The lowest BCUT2D eigenvalue weighted by Crippen LogP contribution is -2.39. The Morgan fingerprint density at radius 2 is 1.85 bits per heavy atom. The van der Waals surface area contributed by atoms with E-state index in [1.807, 2.05) is 30.3 Å². The van der Waals surface area contributed by atoms with Gasteiger partial charge < -0.3 is 9.88 Å². The molecule has 1 aromatic heterocycles. The Balaban J connectivity index is 1.65. The summed E-state index contributed by atoms with van der Waals surface area (Å²) in [6.07, 6.45) is 5.35. The number of nitrogens with zero attached hydrogens (tertiary/aromatic N) is 1. The molecule has 0 atom stereocenters. The Morgan fingerprint density at radius 3 is 2.56 bits per heavy atom. The number of fused-ring (bicyclic) bond motifs is 1. The second-order valence-electron chi connectivity index (χ2n) is 7.65.